The molecular weight excluding hydrogens is 328 g/mol. The molecule has 1 N–H and O–H groups in total. The van der Waals surface area contributed by atoms with E-state index in [1.807, 2.05) is 6.92 Å². The number of nitriles is 1. The zero-order chi connectivity index (χ0) is 19.2. The third kappa shape index (κ3) is 5.98. The summed E-state index contributed by atoms with van der Waals surface area (Å²) in [6.45, 7) is 9.99. The molecule has 0 heterocycles. The van der Waals surface area contributed by atoms with E-state index in [0.29, 0.717) is 13.1 Å². The van der Waals surface area contributed by atoms with Crippen molar-refractivity contribution in [1.82, 2.24) is 10.2 Å². The van der Waals surface area contributed by atoms with Gasteiger partial charge in [0.25, 0.3) is 0 Å². The lowest BCUT2D eigenvalue weighted by molar-refractivity contribution is 0.0519. The average Bonchev–Trinajstić information content (AvgIpc) is 2.50. The second-order valence-corrected chi connectivity index (χ2v) is 6.67. The zero-order valence-electron chi connectivity index (χ0n) is 15.3. The highest BCUT2D eigenvalue weighted by molar-refractivity contribution is 5.67. The third-order valence-electron chi connectivity index (χ3n) is 3.69. The van der Waals surface area contributed by atoms with Gasteiger partial charge in [0.05, 0.1) is 5.56 Å². The minimum Gasteiger partial charge on any atom is -0.444 e. The molecule has 1 amide bonds. The van der Waals surface area contributed by atoms with Crippen molar-refractivity contribution in [2.45, 2.75) is 46.3 Å². The molecule has 1 unspecified atom stereocenters. The van der Waals surface area contributed by atoms with E-state index in [-0.39, 0.29) is 17.7 Å². The summed E-state index contributed by atoms with van der Waals surface area (Å²) in [4.78, 5) is 13.5. The van der Waals surface area contributed by atoms with Crippen LogP contribution < -0.4 is 5.32 Å². The third-order valence-corrected chi connectivity index (χ3v) is 3.69. The molecule has 0 aromatic heterocycles. The lowest BCUT2D eigenvalue weighted by Gasteiger charge is -2.29. The Balaban J connectivity index is 2.78. The molecule has 0 saturated heterocycles. The predicted molar refractivity (Wildman–Crippen MR) is 91.0 cm³/mol. The van der Waals surface area contributed by atoms with Crippen LogP contribution >= 0.6 is 0 Å². The van der Waals surface area contributed by atoms with Crippen LogP contribution in [-0.4, -0.2) is 36.2 Å². The van der Waals surface area contributed by atoms with Crippen molar-refractivity contribution in [3.05, 3.63) is 34.9 Å². The topological polar surface area (TPSA) is 65.4 Å². The van der Waals surface area contributed by atoms with Crippen molar-refractivity contribution < 1.29 is 18.3 Å². The van der Waals surface area contributed by atoms with Gasteiger partial charge in [-0.15, -0.1) is 0 Å². The lowest BCUT2D eigenvalue weighted by atomic mass is 10.0. The fourth-order valence-electron chi connectivity index (χ4n) is 2.46. The van der Waals surface area contributed by atoms with E-state index >= 15 is 0 Å². The molecule has 7 heteroatoms. The molecule has 0 spiro atoms. The lowest BCUT2D eigenvalue weighted by Crippen LogP contribution is -2.39. The first-order valence-corrected chi connectivity index (χ1v) is 8.19. The van der Waals surface area contributed by atoms with Gasteiger partial charge in [-0.25, -0.2) is 13.6 Å². The number of hydrogen-bond donors (Lipinski definition) is 1. The number of carbonyl (C=O) groups excluding carboxylic acids is 1. The van der Waals surface area contributed by atoms with Gasteiger partial charge in [0, 0.05) is 24.7 Å². The molecule has 1 atom stereocenters. The Morgan fingerprint density at radius 1 is 1.40 bits per heavy atom. The minimum absolute atomic E-state index is 0.141. The number of nitrogens with zero attached hydrogens (tertiary/aromatic N) is 2. The molecule has 0 aliphatic carbocycles. The Hall–Kier alpha value is -2.20. The number of carbonyl (C=O) groups is 1. The van der Waals surface area contributed by atoms with Crippen molar-refractivity contribution in [3.8, 4) is 6.07 Å². The maximum absolute atomic E-state index is 14.3. The van der Waals surface area contributed by atoms with Crippen LogP contribution in [0.3, 0.4) is 0 Å². The molecule has 25 heavy (non-hydrogen) atoms. The van der Waals surface area contributed by atoms with Gasteiger partial charge in [0.2, 0.25) is 0 Å². The minimum atomic E-state index is -0.839. The predicted octanol–water partition coefficient (Wildman–Crippen LogP) is 3.74. The number of halogens is 2. The van der Waals surface area contributed by atoms with Crippen LogP contribution in [0.4, 0.5) is 13.6 Å². The molecule has 138 valence electrons. The molecule has 0 fully saturated rings. The van der Waals surface area contributed by atoms with Crippen LogP contribution in [0.25, 0.3) is 0 Å². The zero-order valence-corrected chi connectivity index (χ0v) is 15.3. The second kappa shape index (κ2) is 8.77. The first kappa shape index (κ1) is 20.8. The SMILES string of the molecule is CCN(CCNC(=O)OC(C)(C)C)C(C)c1c(F)ccc(C#N)c1F. The van der Waals surface area contributed by atoms with Gasteiger partial charge in [-0.1, -0.05) is 6.92 Å². The van der Waals surface area contributed by atoms with Crippen molar-refractivity contribution >= 4 is 6.09 Å². The van der Waals surface area contributed by atoms with Gasteiger partial charge >= 0.3 is 6.09 Å². The largest absolute Gasteiger partial charge is 0.444 e. The quantitative estimate of drug-likeness (QED) is 0.846. The number of likely N-dealkylation sites (N-methyl/N-ethyl adjacent to an activating group) is 1. The summed E-state index contributed by atoms with van der Waals surface area (Å²) in [5.74, 6) is -1.53. The molecule has 1 rings (SSSR count). The summed E-state index contributed by atoms with van der Waals surface area (Å²) in [5, 5.41) is 11.5. The highest BCUT2D eigenvalue weighted by Crippen LogP contribution is 2.27. The fraction of sp³-hybridized carbons (Fsp3) is 0.556. The number of amides is 1. The average molecular weight is 353 g/mol. The van der Waals surface area contributed by atoms with Crippen LogP contribution in [0.1, 0.15) is 51.8 Å². The van der Waals surface area contributed by atoms with E-state index in [9.17, 15) is 13.6 Å². The van der Waals surface area contributed by atoms with Crippen LogP contribution in [0, 0.1) is 23.0 Å². The smallest absolute Gasteiger partial charge is 0.407 e. The molecule has 1 aromatic rings. The Morgan fingerprint density at radius 2 is 2.04 bits per heavy atom. The maximum Gasteiger partial charge on any atom is 0.407 e. The van der Waals surface area contributed by atoms with Gasteiger partial charge in [0.1, 0.15) is 23.3 Å². The van der Waals surface area contributed by atoms with E-state index in [0.717, 1.165) is 12.1 Å². The molecular formula is C18H25F2N3O2. The standard InChI is InChI=1S/C18H25F2N3O2/c1-6-23(10-9-22-17(24)25-18(3,4)5)12(2)15-14(19)8-7-13(11-21)16(15)20/h7-8,12H,6,9-10H2,1-5H3,(H,22,24). The van der Waals surface area contributed by atoms with Gasteiger partial charge in [0.15, 0.2) is 0 Å². The van der Waals surface area contributed by atoms with Crippen LogP contribution in [0.2, 0.25) is 0 Å². The molecule has 0 aliphatic heterocycles. The highest BCUT2D eigenvalue weighted by Gasteiger charge is 2.24. The van der Waals surface area contributed by atoms with Crippen molar-refractivity contribution in [2.24, 2.45) is 0 Å². The number of alkyl carbamates (subject to hydrolysis) is 1. The first-order chi connectivity index (χ1) is 11.6. The fourth-order valence-corrected chi connectivity index (χ4v) is 2.46. The van der Waals surface area contributed by atoms with E-state index in [4.69, 9.17) is 10.00 Å². The number of hydrogen-bond acceptors (Lipinski definition) is 4. The van der Waals surface area contributed by atoms with Gasteiger partial charge < -0.3 is 10.1 Å². The maximum atomic E-state index is 14.3. The summed E-state index contributed by atoms with van der Waals surface area (Å²) in [5.41, 5.74) is -0.921. The first-order valence-electron chi connectivity index (χ1n) is 8.19. The van der Waals surface area contributed by atoms with Crippen LogP contribution in [0.15, 0.2) is 12.1 Å². The number of ether oxygens (including phenoxy) is 1. The number of rotatable bonds is 6. The Labute approximate surface area is 147 Å². The van der Waals surface area contributed by atoms with Crippen LogP contribution in [-0.2, 0) is 4.74 Å². The highest BCUT2D eigenvalue weighted by atomic mass is 19.1. The van der Waals surface area contributed by atoms with E-state index < -0.39 is 29.4 Å². The normalized spacial score (nSPS) is 12.6. The molecule has 0 bridgehead atoms. The summed E-state index contributed by atoms with van der Waals surface area (Å²) in [6.07, 6.45) is -0.542. The van der Waals surface area contributed by atoms with E-state index in [2.05, 4.69) is 5.32 Å². The molecule has 5 nitrogen and oxygen atoms in total. The number of benzene rings is 1. The number of nitrogens with one attached hydrogen (secondary N) is 1. The molecule has 1 aromatic carbocycles. The van der Waals surface area contributed by atoms with Crippen molar-refractivity contribution in [1.29, 1.82) is 5.26 Å². The second-order valence-electron chi connectivity index (χ2n) is 6.67. The Morgan fingerprint density at radius 3 is 2.56 bits per heavy atom. The summed E-state index contributed by atoms with van der Waals surface area (Å²) in [7, 11) is 0. The van der Waals surface area contributed by atoms with Gasteiger partial charge in [-0.3, -0.25) is 4.90 Å². The van der Waals surface area contributed by atoms with Gasteiger partial charge in [-0.05, 0) is 46.4 Å². The van der Waals surface area contributed by atoms with Crippen molar-refractivity contribution in [3.63, 3.8) is 0 Å². The van der Waals surface area contributed by atoms with E-state index in [1.165, 1.54) is 0 Å². The Kier molecular flexibility index (Phi) is 7.31. The Bertz CT molecular complexity index is 651. The molecule has 0 aliphatic rings. The molecule has 0 saturated carbocycles. The molecule has 0 radical (unpaired) electrons. The summed E-state index contributed by atoms with van der Waals surface area (Å²) in [6, 6.07) is 3.36. The summed E-state index contributed by atoms with van der Waals surface area (Å²) >= 11 is 0. The monoisotopic (exact) mass is 353 g/mol. The van der Waals surface area contributed by atoms with E-state index in [1.54, 1.807) is 38.7 Å². The van der Waals surface area contributed by atoms with Crippen molar-refractivity contribution in [2.75, 3.05) is 19.6 Å². The van der Waals surface area contributed by atoms with Crippen LogP contribution in [0.5, 0.6) is 0 Å². The summed E-state index contributed by atoms with van der Waals surface area (Å²) < 4.78 is 33.6. The van der Waals surface area contributed by atoms with Gasteiger partial charge in [-0.2, -0.15) is 5.26 Å².